The highest BCUT2D eigenvalue weighted by atomic mass is 35.5. The molecule has 0 aromatic rings. The Kier molecular flexibility index (Phi) is 27.9. The fraction of sp³-hybridized carbons (Fsp3) is 0.865. The van der Waals surface area contributed by atoms with Crippen LogP contribution < -0.4 is 5.32 Å². The molecule has 1 N–H and O–H groups in total. The van der Waals surface area contributed by atoms with Crippen LogP contribution in [-0.4, -0.2) is 65.5 Å². The van der Waals surface area contributed by atoms with E-state index in [1.54, 1.807) is 6.92 Å². The summed E-state index contributed by atoms with van der Waals surface area (Å²) in [4.78, 5) is 62.6. The molecule has 0 aliphatic carbocycles. The van der Waals surface area contributed by atoms with Crippen LogP contribution >= 0.6 is 23.2 Å². The lowest BCUT2D eigenvalue weighted by molar-refractivity contribution is -0.131. The highest BCUT2D eigenvalue weighted by molar-refractivity contribution is 6.40. The predicted octanol–water partition coefficient (Wildman–Crippen LogP) is 8.70. The van der Waals surface area contributed by atoms with Crippen LogP contribution in [-0.2, 0) is 24.0 Å². The molecule has 4 atom stereocenters. The first-order valence-corrected chi connectivity index (χ1v) is 19.4. The first kappa shape index (κ1) is 44.7. The van der Waals surface area contributed by atoms with Crippen LogP contribution in [0.2, 0.25) is 0 Å². The summed E-state index contributed by atoms with van der Waals surface area (Å²) < 4.78 is 0. The van der Waals surface area contributed by atoms with Gasteiger partial charge in [-0.1, -0.05) is 53.4 Å². The Morgan fingerprint density at radius 1 is 0.630 bits per heavy atom. The topological polar surface area (TPSA) is 101 Å². The number of amides is 1. The number of rotatable bonds is 8. The van der Waals surface area contributed by atoms with E-state index in [2.05, 4.69) is 19.2 Å². The first-order valence-electron chi connectivity index (χ1n) is 18.3. The van der Waals surface area contributed by atoms with Gasteiger partial charge in [-0.3, -0.25) is 24.0 Å². The van der Waals surface area contributed by atoms with Gasteiger partial charge in [-0.2, -0.15) is 0 Å². The van der Waals surface area contributed by atoms with Crippen molar-refractivity contribution in [2.45, 2.75) is 150 Å². The zero-order valence-corrected chi connectivity index (χ0v) is 31.3. The minimum Gasteiger partial charge on any atom is -0.343 e. The molecule has 7 nitrogen and oxygen atoms in total. The number of Topliss-reactive ketones (excluding diaryl/α,β-unsaturated/α-hetero) is 4. The molecule has 0 bridgehead atoms. The highest BCUT2D eigenvalue weighted by Gasteiger charge is 2.28. The monoisotopic (exact) mass is 688 g/mol. The normalized spacial score (nSPS) is 24.3. The number of nitrogens with zero attached hydrogens (tertiary/aromatic N) is 1. The first-order chi connectivity index (χ1) is 22.1. The Hall–Kier alpha value is -1.31. The maximum absolute atomic E-state index is 12.8. The quantitative estimate of drug-likeness (QED) is 0.256. The SMILES string of the molecule is CCC(=O)CC1CCCCN(C(C)=O)CCCC[C@H](CC)C1=O.CCC(=O)CC1CCCCNCCCC[C@H](CC)C1=O.ClCCl. The standard InChI is InChI=1S/C19H33NO3.C17H31NO2.CH2Cl2/c1-4-16-10-6-8-12-20(15(3)21)13-9-7-11-17(19(16)23)14-18(22)5-2;1-3-14-9-5-7-11-18-12-8-6-10-15(17(14)20)13-16(19)4-2;2-1-3/h16-17H,4-14H2,1-3H3;14-15,18H,3-13H2,1-2H3;1H2/t16-,17?;14-,15?;/m00./s1. The van der Waals surface area contributed by atoms with E-state index >= 15 is 0 Å². The van der Waals surface area contributed by atoms with Crippen molar-refractivity contribution in [2.24, 2.45) is 23.7 Å². The molecule has 9 heteroatoms. The number of halogens is 2. The second kappa shape index (κ2) is 28.7. The zero-order chi connectivity index (χ0) is 34.7. The molecule has 2 unspecified atom stereocenters. The van der Waals surface area contributed by atoms with Crippen LogP contribution in [0.3, 0.4) is 0 Å². The van der Waals surface area contributed by atoms with E-state index in [0.29, 0.717) is 37.2 Å². The molecule has 0 radical (unpaired) electrons. The van der Waals surface area contributed by atoms with Crippen LogP contribution in [0.15, 0.2) is 0 Å². The molecule has 2 saturated heterocycles. The third kappa shape index (κ3) is 20.1. The summed E-state index contributed by atoms with van der Waals surface area (Å²) >= 11 is 9.53. The Morgan fingerprint density at radius 2 is 0.978 bits per heavy atom. The van der Waals surface area contributed by atoms with Crippen molar-refractivity contribution in [3.8, 4) is 0 Å². The number of carbonyl (C=O) groups is 5. The van der Waals surface area contributed by atoms with Crippen molar-refractivity contribution in [1.29, 1.82) is 0 Å². The van der Waals surface area contributed by atoms with E-state index in [9.17, 15) is 24.0 Å². The maximum Gasteiger partial charge on any atom is 0.219 e. The van der Waals surface area contributed by atoms with Gasteiger partial charge in [0.2, 0.25) is 5.91 Å². The average Bonchev–Trinajstić information content (AvgIpc) is 3.03. The molecule has 268 valence electrons. The van der Waals surface area contributed by atoms with E-state index in [1.807, 2.05) is 18.7 Å². The minimum absolute atomic E-state index is 0.0215. The smallest absolute Gasteiger partial charge is 0.219 e. The van der Waals surface area contributed by atoms with Gasteiger partial charge in [-0.15, -0.1) is 23.2 Å². The van der Waals surface area contributed by atoms with Gasteiger partial charge in [-0.25, -0.2) is 0 Å². The van der Waals surface area contributed by atoms with Gasteiger partial charge in [-0.05, 0) is 77.3 Å². The molecule has 2 heterocycles. The predicted molar refractivity (Wildman–Crippen MR) is 191 cm³/mol. The van der Waals surface area contributed by atoms with Gasteiger partial charge in [0, 0.05) is 69.4 Å². The largest absolute Gasteiger partial charge is 0.343 e. The molecule has 1 amide bonds. The second-order valence-corrected chi connectivity index (χ2v) is 13.7. The lowest BCUT2D eigenvalue weighted by Crippen LogP contribution is -2.32. The number of nitrogens with one attached hydrogen (secondary N) is 1. The molecular formula is C37H66Cl2N2O5. The van der Waals surface area contributed by atoms with Gasteiger partial charge in [0.25, 0.3) is 0 Å². The molecule has 0 saturated carbocycles. The van der Waals surface area contributed by atoms with Crippen molar-refractivity contribution in [3.05, 3.63) is 0 Å². The molecule has 46 heavy (non-hydrogen) atoms. The summed E-state index contributed by atoms with van der Waals surface area (Å²) in [5, 5.41) is 3.66. The molecule has 2 aliphatic heterocycles. The van der Waals surface area contributed by atoms with Crippen molar-refractivity contribution in [1.82, 2.24) is 10.2 Å². The van der Waals surface area contributed by atoms with Crippen LogP contribution in [0, 0.1) is 23.7 Å². The summed E-state index contributed by atoms with van der Waals surface area (Å²) in [5.74, 6) is 1.35. The van der Waals surface area contributed by atoms with E-state index < -0.39 is 0 Å². The van der Waals surface area contributed by atoms with Gasteiger partial charge < -0.3 is 10.2 Å². The van der Waals surface area contributed by atoms with Crippen molar-refractivity contribution in [2.75, 3.05) is 31.5 Å². The molecule has 2 aliphatic rings. The third-order valence-corrected chi connectivity index (χ3v) is 9.55. The van der Waals surface area contributed by atoms with Crippen LogP contribution in [0.4, 0.5) is 0 Å². The van der Waals surface area contributed by atoms with E-state index in [1.165, 1.54) is 0 Å². The summed E-state index contributed by atoms with van der Waals surface area (Å²) in [6.07, 6.45) is 15.5. The maximum atomic E-state index is 12.8. The van der Waals surface area contributed by atoms with Gasteiger partial charge in [0.05, 0.1) is 5.34 Å². The lowest BCUT2D eigenvalue weighted by Gasteiger charge is -2.25. The van der Waals surface area contributed by atoms with Crippen molar-refractivity contribution >= 4 is 52.2 Å². The van der Waals surface area contributed by atoms with E-state index in [-0.39, 0.29) is 46.5 Å². The fourth-order valence-corrected chi connectivity index (χ4v) is 6.51. The molecule has 0 spiro atoms. The Bertz CT molecular complexity index is 869. The summed E-state index contributed by atoms with van der Waals surface area (Å²) in [6.45, 7) is 13.2. The molecule has 2 fully saturated rings. The highest BCUT2D eigenvalue weighted by Crippen LogP contribution is 2.26. The lowest BCUT2D eigenvalue weighted by atomic mass is 9.81. The van der Waals surface area contributed by atoms with Gasteiger partial charge >= 0.3 is 0 Å². The van der Waals surface area contributed by atoms with Gasteiger partial charge in [0.1, 0.15) is 23.1 Å². The van der Waals surface area contributed by atoms with Crippen molar-refractivity contribution in [3.63, 3.8) is 0 Å². The number of ketones is 4. The van der Waals surface area contributed by atoms with Crippen LogP contribution in [0.25, 0.3) is 0 Å². The number of hydrogen-bond donors (Lipinski definition) is 1. The Labute approximate surface area is 291 Å². The summed E-state index contributed by atoms with van der Waals surface area (Å²) in [5.41, 5.74) is 0. The number of carbonyl (C=O) groups excluding carboxylic acids is 5. The number of alkyl halides is 2. The third-order valence-electron chi connectivity index (χ3n) is 9.55. The van der Waals surface area contributed by atoms with Gasteiger partial charge in [0.15, 0.2) is 0 Å². The van der Waals surface area contributed by atoms with E-state index in [4.69, 9.17) is 23.2 Å². The molecule has 2 rings (SSSR count). The average molecular weight is 690 g/mol. The van der Waals surface area contributed by atoms with Crippen LogP contribution in [0.1, 0.15) is 150 Å². The van der Waals surface area contributed by atoms with E-state index in [0.717, 1.165) is 116 Å². The Morgan fingerprint density at radius 3 is 1.30 bits per heavy atom. The number of hydrogen-bond acceptors (Lipinski definition) is 6. The fourth-order valence-electron chi connectivity index (χ4n) is 6.51. The molecule has 0 aromatic heterocycles. The molecular weight excluding hydrogens is 623 g/mol. The van der Waals surface area contributed by atoms with Crippen LogP contribution in [0.5, 0.6) is 0 Å². The Balaban J connectivity index is 0.000000817. The minimum atomic E-state index is -0.113. The zero-order valence-electron chi connectivity index (χ0n) is 29.8. The molecule has 0 aromatic carbocycles. The van der Waals surface area contributed by atoms with Crippen molar-refractivity contribution < 1.29 is 24.0 Å². The summed E-state index contributed by atoms with van der Waals surface area (Å²) in [6, 6.07) is 0. The second-order valence-electron chi connectivity index (χ2n) is 12.9. The summed E-state index contributed by atoms with van der Waals surface area (Å²) in [7, 11) is 0.